The molecule has 3 unspecified atom stereocenters. The second kappa shape index (κ2) is 4.79. The largest absolute Gasteiger partial charge is 0.481 e. The summed E-state index contributed by atoms with van der Waals surface area (Å²) in [7, 11) is 0. The van der Waals surface area contributed by atoms with Gasteiger partial charge in [0, 0.05) is 5.92 Å². The number of carboxylic acids is 1. The third kappa shape index (κ3) is 2.60. The first kappa shape index (κ1) is 12.0. The van der Waals surface area contributed by atoms with Gasteiger partial charge < -0.3 is 9.84 Å². The molecule has 0 saturated carbocycles. The molecular weight excluding hydrogens is 224 g/mol. The highest BCUT2D eigenvalue weighted by Crippen LogP contribution is 2.27. The molecule has 1 fully saturated rings. The maximum atomic E-state index is 10.8. The summed E-state index contributed by atoms with van der Waals surface area (Å²) in [6.07, 6.45) is 1.09. The quantitative estimate of drug-likeness (QED) is 0.813. The summed E-state index contributed by atoms with van der Waals surface area (Å²) < 4.78 is 7.05. The second-order valence-electron chi connectivity index (χ2n) is 4.54. The van der Waals surface area contributed by atoms with E-state index in [9.17, 15) is 4.79 Å². The Labute approximate surface area is 98.8 Å². The molecule has 1 aromatic rings. The van der Waals surface area contributed by atoms with Crippen LogP contribution in [0.4, 0.5) is 0 Å². The number of nitrogens with zero attached hydrogens (tertiary/aromatic N) is 4. The standard InChI is InChI=1S/C10H16N4O3/c1-6(10(15)16)4-14-9(11-12-13-14)8-3-7(2)17-5-8/h6-8H,3-5H2,1-2H3,(H,15,16). The Morgan fingerprint density at radius 2 is 2.47 bits per heavy atom. The van der Waals surface area contributed by atoms with Crippen LogP contribution in [0, 0.1) is 5.92 Å². The Morgan fingerprint density at radius 1 is 1.71 bits per heavy atom. The van der Waals surface area contributed by atoms with E-state index in [0.29, 0.717) is 13.2 Å². The fourth-order valence-electron chi connectivity index (χ4n) is 1.97. The van der Waals surface area contributed by atoms with Gasteiger partial charge in [-0.25, -0.2) is 4.68 Å². The van der Waals surface area contributed by atoms with Gasteiger partial charge in [-0.3, -0.25) is 4.79 Å². The van der Waals surface area contributed by atoms with Crippen molar-refractivity contribution in [3.63, 3.8) is 0 Å². The molecule has 0 bridgehead atoms. The van der Waals surface area contributed by atoms with Crippen LogP contribution in [0.2, 0.25) is 0 Å². The SMILES string of the molecule is CC1CC(c2nnnn2CC(C)C(=O)O)CO1. The summed E-state index contributed by atoms with van der Waals surface area (Å²) in [5.41, 5.74) is 0. The highest BCUT2D eigenvalue weighted by atomic mass is 16.5. The molecule has 7 nitrogen and oxygen atoms in total. The number of carbonyl (C=O) groups is 1. The van der Waals surface area contributed by atoms with E-state index in [1.165, 1.54) is 0 Å². The number of ether oxygens (including phenoxy) is 1. The minimum absolute atomic E-state index is 0.168. The Bertz CT molecular complexity index is 406. The molecule has 0 aromatic carbocycles. The van der Waals surface area contributed by atoms with Crippen molar-refractivity contribution in [3.05, 3.63) is 5.82 Å². The van der Waals surface area contributed by atoms with Gasteiger partial charge in [0.25, 0.3) is 0 Å². The highest BCUT2D eigenvalue weighted by molar-refractivity contribution is 5.69. The monoisotopic (exact) mass is 240 g/mol. The van der Waals surface area contributed by atoms with Crippen molar-refractivity contribution in [1.29, 1.82) is 0 Å². The van der Waals surface area contributed by atoms with Gasteiger partial charge in [-0.15, -0.1) is 5.10 Å². The summed E-state index contributed by atoms with van der Waals surface area (Å²) in [4.78, 5) is 10.8. The first-order valence-electron chi connectivity index (χ1n) is 5.68. The predicted octanol–water partition coefficient (Wildman–Crippen LogP) is 0.286. The van der Waals surface area contributed by atoms with Crippen LogP contribution < -0.4 is 0 Å². The van der Waals surface area contributed by atoms with E-state index in [1.54, 1.807) is 11.6 Å². The lowest BCUT2D eigenvalue weighted by Gasteiger charge is -2.10. The van der Waals surface area contributed by atoms with Gasteiger partial charge in [-0.2, -0.15) is 0 Å². The third-order valence-electron chi connectivity index (χ3n) is 2.99. The molecule has 1 aliphatic rings. The molecule has 1 aromatic heterocycles. The van der Waals surface area contributed by atoms with Gasteiger partial charge in [0.2, 0.25) is 0 Å². The van der Waals surface area contributed by atoms with Crippen LogP contribution in [0.15, 0.2) is 0 Å². The zero-order valence-electron chi connectivity index (χ0n) is 9.91. The molecule has 1 aliphatic heterocycles. The number of hydrogen-bond donors (Lipinski definition) is 1. The van der Waals surface area contributed by atoms with Crippen molar-refractivity contribution in [2.45, 2.75) is 38.8 Å². The Balaban J connectivity index is 2.09. The van der Waals surface area contributed by atoms with Crippen molar-refractivity contribution in [1.82, 2.24) is 20.2 Å². The molecule has 7 heteroatoms. The fourth-order valence-corrected chi connectivity index (χ4v) is 1.97. The summed E-state index contributed by atoms with van der Waals surface area (Å²) in [5, 5.41) is 20.3. The molecule has 1 N–H and O–H groups in total. The molecule has 0 radical (unpaired) electrons. The van der Waals surface area contributed by atoms with Crippen molar-refractivity contribution < 1.29 is 14.6 Å². The predicted molar refractivity (Wildman–Crippen MR) is 57.4 cm³/mol. The Kier molecular flexibility index (Phi) is 3.37. The van der Waals surface area contributed by atoms with Crippen molar-refractivity contribution in [2.24, 2.45) is 5.92 Å². The van der Waals surface area contributed by atoms with Crippen LogP contribution in [-0.2, 0) is 16.1 Å². The first-order chi connectivity index (χ1) is 8.08. The average Bonchev–Trinajstić information content (AvgIpc) is 2.86. The van der Waals surface area contributed by atoms with Crippen LogP contribution >= 0.6 is 0 Å². The molecule has 0 aliphatic carbocycles. The lowest BCUT2D eigenvalue weighted by molar-refractivity contribution is -0.141. The van der Waals surface area contributed by atoms with Crippen LogP contribution in [0.25, 0.3) is 0 Å². The second-order valence-corrected chi connectivity index (χ2v) is 4.54. The van der Waals surface area contributed by atoms with Crippen molar-refractivity contribution in [3.8, 4) is 0 Å². The molecule has 0 spiro atoms. The van der Waals surface area contributed by atoms with Gasteiger partial charge >= 0.3 is 5.97 Å². The topological polar surface area (TPSA) is 90.1 Å². The van der Waals surface area contributed by atoms with Gasteiger partial charge in [0.05, 0.1) is 25.2 Å². The molecule has 2 heterocycles. The zero-order valence-corrected chi connectivity index (χ0v) is 9.91. The van der Waals surface area contributed by atoms with E-state index in [-0.39, 0.29) is 12.0 Å². The maximum absolute atomic E-state index is 10.8. The van der Waals surface area contributed by atoms with Gasteiger partial charge in [-0.05, 0) is 23.8 Å². The summed E-state index contributed by atoms with van der Waals surface area (Å²) >= 11 is 0. The van der Waals surface area contributed by atoms with Crippen LogP contribution in [0.5, 0.6) is 0 Å². The number of tetrazole rings is 1. The zero-order chi connectivity index (χ0) is 12.4. The molecule has 0 amide bonds. The molecular formula is C10H16N4O3. The minimum atomic E-state index is -0.845. The average molecular weight is 240 g/mol. The van der Waals surface area contributed by atoms with E-state index in [0.717, 1.165) is 12.2 Å². The number of carboxylic acid groups (broad SMARTS) is 1. The molecule has 94 valence electrons. The number of hydrogen-bond acceptors (Lipinski definition) is 5. The number of aromatic nitrogens is 4. The molecule has 2 rings (SSSR count). The van der Waals surface area contributed by atoms with E-state index in [1.807, 2.05) is 6.92 Å². The van der Waals surface area contributed by atoms with Gasteiger partial charge in [-0.1, -0.05) is 6.92 Å². The smallest absolute Gasteiger partial charge is 0.308 e. The van der Waals surface area contributed by atoms with Gasteiger partial charge in [0.15, 0.2) is 5.82 Å². The van der Waals surface area contributed by atoms with Crippen LogP contribution in [0.3, 0.4) is 0 Å². The Morgan fingerprint density at radius 3 is 3.06 bits per heavy atom. The van der Waals surface area contributed by atoms with E-state index in [2.05, 4.69) is 15.5 Å². The van der Waals surface area contributed by atoms with E-state index >= 15 is 0 Å². The van der Waals surface area contributed by atoms with E-state index in [4.69, 9.17) is 9.84 Å². The molecule has 1 saturated heterocycles. The van der Waals surface area contributed by atoms with Crippen molar-refractivity contribution >= 4 is 5.97 Å². The lowest BCUT2D eigenvalue weighted by Crippen LogP contribution is -2.20. The van der Waals surface area contributed by atoms with Crippen LogP contribution in [0.1, 0.15) is 32.0 Å². The lowest BCUT2D eigenvalue weighted by atomic mass is 10.1. The molecule has 3 atom stereocenters. The highest BCUT2D eigenvalue weighted by Gasteiger charge is 2.29. The maximum Gasteiger partial charge on any atom is 0.308 e. The fraction of sp³-hybridized carbons (Fsp3) is 0.800. The third-order valence-corrected chi connectivity index (χ3v) is 2.99. The summed E-state index contributed by atoms with van der Waals surface area (Å²) in [6.45, 7) is 4.54. The summed E-state index contributed by atoms with van der Waals surface area (Å²) in [5.74, 6) is -0.456. The van der Waals surface area contributed by atoms with Gasteiger partial charge in [0.1, 0.15) is 0 Å². The molecule has 17 heavy (non-hydrogen) atoms. The van der Waals surface area contributed by atoms with Crippen LogP contribution in [-0.4, -0.2) is 44.0 Å². The first-order valence-corrected chi connectivity index (χ1v) is 5.68. The normalized spacial score (nSPS) is 26.0. The summed E-state index contributed by atoms with van der Waals surface area (Å²) in [6, 6.07) is 0. The van der Waals surface area contributed by atoms with Crippen molar-refractivity contribution in [2.75, 3.05) is 6.61 Å². The number of rotatable bonds is 4. The minimum Gasteiger partial charge on any atom is -0.481 e. The van der Waals surface area contributed by atoms with E-state index < -0.39 is 11.9 Å². The Hall–Kier alpha value is -1.50. The number of aliphatic carboxylic acids is 1.